The van der Waals surface area contributed by atoms with Crippen LogP contribution in [0.5, 0.6) is 0 Å². The molecule has 1 aromatic carbocycles. The van der Waals surface area contributed by atoms with E-state index in [2.05, 4.69) is 10.1 Å². The maximum Gasteiger partial charge on any atom is 0.340 e. The fourth-order valence-corrected chi connectivity index (χ4v) is 2.01. The monoisotopic (exact) mass is 349 g/mol. The van der Waals surface area contributed by atoms with Gasteiger partial charge < -0.3 is 10.1 Å². The van der Waals surface area contributed by atoms with Gasteiger partial charge >= 0.3 is 12.0 Å². The normalized spacial score (nSPS) is 10.7. The first-order valence-electron chi connectivity index (χ1n) is 5.66. The van der Waals surface area contributed by atoms with Crippen LogP contribution in [0.3, 0.4) is 0 Å². The average molecular weight is 350 g/mol. The van der Waals surface area contributed by atoms with Gasteiger partial charge in [0.15, 0.2) is 6.61 Å². The molecule has 0 bridgehead atoms. The van der Waals surface area contributed by atoms with Gasteiger partial charge in [-0.05, 0) is 18.2 Å². The number of esters is 1. The maximum atomic E-state index is 11.8. The van der Waals surface area contributed by atoms with Gasteiger partial charge in [-0.25, -0.2) is 23.1 Å². The minimum atomic E-state index is -4.02. The number of carbonyl (C=O) groups excluding carboxylic acids is 3. The lowest BCUT2D eigenvalue weighted by Gasteiger charge is -2.07. The molecule has 0 atom stereocenters. The first kappa shape index (κ1) is 17.9. The van der Waals surface area contributed by atoms with Gasteiger partial charge in [0.2, 0.25) is 10.0 Å². The van der Waals surface area contributed by atoms with Crippen molar-refractivity contribution in [1.82, 2.24) is 10.6 Å². The zero-order valence-electron chi connectivity index (χ0n) is 11.3. The number of benzene rings is 1. The Morgan fingerprint density at radius 2 is 1.95 bits per heavy atom. The second-order valence-electron chi connectivity index (χ2n) is 3.89. The van der Waals surface area contributed by atoms with Crippen LogP contribution < -0.4 is 15.8 Å². The number of primary sulfonamides is 1. The van der Waals surface area contributed by atoms with E-state index in [0.717, 1.165) is 18.2 Å². The molecule has 0 heterocycles. The van der Waals surface area contributed by atoms with Crippen LogP contribution >= 0.6 is 11.6 Å². The summed E-state index contributed by atoms with van der Waals surface area (Å²) in [6.07, 6.45) is 0. The van der Waals surface area contributed by atoms with E-state index in [-0.39, 0.29) is 15.5 Å². The Bertz CT molecular complexity index is 719. The van der Waals surface area contributed by atoms with E-state index in [4.69, 9.17) is 16.7 Å². The van der Waals surface area contributed by atoms with Gasteiger partial charge in [-0.1, -0.05) is 11.6 Å². The van der Waals surface area contributed by atoms with Crippen molar-refractivity contribution < 1.29 is 27.5 Å². The molecule has 1 rings (SSSR count). The van der Waals surface area contributed by atoms with Crippen LogP contribution in [0.25, 0.3) is 0 Å². The summed E-state index contributed by atoms with van der Waals surface area (Å²) < 4.78 is 27.1. The summed E-state index contributed by atoms with van der Waals surface area (Å²) in [6.45, 7) is -0.748. The molecule has 0 aromatic heterocycles. The molecule has 0 unspecified atom stereocenters. The molecule has 11 heteroatoms. The van der Waals surface area contributed by atoms with Gasteiger partial charge in [0, 0.05) is 7.05 Å². The number of halogens is 1. The molecule has 0 spiro atoms. The standard InChI is InChI=1S/C11H12ClN3O6S/c1-14-11(18)15-9(16)5-21-10(17)7-4-6(22(13,19)20)2-3-8(7)12/h2-4H,5H2,1H3,(H2,13,19,20)(H2,14,15,16,18). The zero-order valence-corrected chi connectivity index (χ0v) is 12.8. The SMILES string of the molecule is CNC(=O)NC(=O)COC(=O)c1cc(S(N)(=O)=O)ccc1Cl. The lowest BCUT2D eigenvalue weighted by atomic mass is 10.2. The molecule has 0 aliphatic heterocycles. The number of amides is 3. The molecule has 4 N–H and O–H groups in total. The summed E-state index contributed by atoms with van der Waals surface area (Å²) in [5, 5.41) is 8.86. The third-order valence-corrected chi connectivity index (χ3v) is 3.54. The summed E-state index contributed by atoms with van der Waals surface area (Å²) in [5.41, 5.74) is -0.277. The summed E-state index contributed by atoms with van der Waals surface area (Å²) in [4.78, 5) is 33.6. The smallest absolute Gasteiger partial charge is 0.340 e. The first-order valence-corrected chi connectivity index (χ1v) is 7.58. The third kappa shape index (κ3) is 4.98. The minimum Gasteiger partial charge on any atom is -0.452 e. The molecular formula is C11H12ClN3O6S. The van der Waals surface area contributed by atoms with E-state index in [9.17, 15) is 22.8 Å². The Morgan fingerprint density at radius 3 is 2.50 bits per heavy atom. The van der Waals surface area contributed by atoms with Crippen LogP contribution in [0.15, 0.2) is 23.1 Å². The van der Waals surface area contributed by atoms with Crippen molar-refractivity contribution in [3.05, 3.63) is 28.8 Å². The van der Waals surface area contributed by atoms with Gasteiger partial charge in [0.1, 0.15) is 0 Å². The van der Waals surface area contributed by atoms with E-state index < -0.39 is 34.5 Å². The van der Waals surface area contributed by atoms with Crippen LogP contribution in [0.2, 0.25) is 5.02 Å². The van der Waals surface area contributed by atoms with Crippen molar-refractivity contribution in [3.8, 4) is 0 Å². The van der Waals surface area contributed by atoms with Crippen molar-refractivity contribution in [2.24, 2.45) is 5.14 Å². The molecule has 0 aliphatic rings. The molecule has 22 heavy (non-hydrogen) atoms. The Hall–Kier alpha value is -2.17. The number of ether oxygens (including phenoxy) is 1. The zero-order chi connectivity index (χ0) is 16.9. The summed E-state index contributed by atoms with van der Waals surface area (Å²) in [6, 6.07) is 2.43. The number of hydrogen-bond donors (Lipinski definition) is 3. The van der Waals surface area contributed by atoms with Crippen molar-refractivity contribution in [1.29, 1.82) is 0 Å². The molecule has 0 aliphatic carbocycles. The highest BCUT2D eigenvalue weighted by atomic mass is 35.5. The van der Waals surface area contributed by atoms with Crippen molar-refractivity contribution in [3.63, 3.8) is 0 Å². The van der Waals surface area contributed by atoms with E-state index in [1.54, 1.807) is 0 Å². The molecule has 9 nitrogen and oxygen atoms in total. The second kappa shape index (κ2) is 7.20. The number of carbonyl (C=O) groups is 3. The molecule has 0 saturated heterocycles. The van der Waals surface area contributed by atoms with Gasteiger partial charge in [-0.2, -0.15) is 0 Å². The van der Waals surface area contributed by atoms with Crippen LogP contribution in [0, 0.1) is 0 Å². The molecule has 120 valence electrons. The lowest BCUT2D eigenvalue weighted by molar-refractivity contribution is -0.123. The molecule has 0 saturated carbocycles. The Kier molecular flexibility index (Phi) is 5.85. The quantitative estimate of drug-likeness (QED) is 0.630. The van der Waals surface area contributed by atoms with E-state index in [1.807, 2.05) is 5.32 Å². The number of sulfonamides is 1. The fourth-order valence-electron chi connectivity index (χ4n) is 1.27. The van der Waals surface area contributed by atoms with Gasteiger partial charge in [-0.15, -0.1) is 0 Å². The summed E-state index contributed by atoms with van der Waals surface area (Å²) >= 11 is 5.76. The van der Waals surface area contributed by atoms with Crippen molar-refractivity contribution in [2.75, 3.05) is 13.7 Å². The number of hydrogen-bond acceptors (Lipinski definition) is 6. The van der Waals surface area contributed by atoms with Gasteiger partial charge in [0.25, 0.3) is 5.91 Å². The summed E-state index contributed by atoms with van der Waals surface area (Å²) in [7, 11) is -2.73. The molecule has 1 aromatic rings. The van der Waals surface area contributed by atoms with E-state index in [1.165, 1.54) is 7.05 Å². The highest BCUT2D eigenvalue weighted by molar-refractivity contribution is 7.89. The highest BCUT2D eigenvalue weighted by Crippen LogP contribution is 2.20. The predicted octanol–water partition coefficient (Wildman–Crippen LogP) is -0.400. The molecule has 3 amide bonds. The first-order chi connectivity index (χ1) is 10.1. The molecular weight excluding hydrogens is 338 g/mol. The second-order valence-corrected chi connectivity index (χ2v) is 5.86. The Balaban J connectivity index is 2.82. The number of nitrogens with two attached hydrogens (primary N) is 1. The summed E-state index contributed by atoms with van der Waals surface area (Å²) in [5.74, 6) is -1.91. The number of urea groups is 1. The third-order valence-electron chi connectivity index (χ3n) is 2.30. The van der Waals surface area contributed by atoms with Crippen LogP contribution in [-0.4, -0.2) is 40.0 Å². The largest absolute Gasteiger partial charge is 0.452 e. The average Bonchev–Trinajstić information content (AvgIpc) is 2.43. The van der Waals surface area contributed by atoms with E-state index >= 15 is 0 Å². The number of nitrogens with one attached hydrogen (secondary N) is 2. The Morgan fingerprint density at radius 1 is 1.32 bits per heavy atom. The highest BCUT2D eigenvalue weighted by Gasteiger charge is 2.18. The van der Waals surface area contributed by atoms with E-state index in [0.29, 0.717) is 0 Å². The van der Waals surface area contributed by atoms with Crippen molar-refractivity contribution >= 4 is 39.5 Å². The minimum absolute atomic E-state index is 0.0795. The maximum absolute atomic E-state index is 11.8. The van der Waals surface area contributed by atoms with Crippen LogP contribution in [-0.2, 0) is 19.6 Å². The predicted molar refractivity (Wildman–Crippen MR) is 75.7 cm³/mol. The number of rotatable bonds is 4. The topological polar surface area (TPSA) is 145 Å². The molecule has 0 fully saturated rings. The Labute approximate surface area is 130 Å². The fraction of sp³-hybridized carbons (Fsp3) is 0.182. The van der Waals surface area contributed by atoms with Crippen molar-refractivity contribution in [2.45, 2.75) is 4.90 Å². The molecule has 0 radical (unpaired) electrons. The lowest BCUT2D eigenvalue weighted by Crippen LogP contribution is -2.39. The van der Waals surface area contributed by atoms with Gasteiger partial charge in [-0.3, -0.25) is 10.1 Å². The van der Waals surface area contributed by atoms with Crippen LogP contribution in [0.4, 0.5) is 4.79 Å². The number of imide groups is 1. The van der Waals surface area contributed by atoms with Crippen LogP contribution in [0.1, 0.15) is 10.4 Å². The van der Waals surface area contributed by atoms with Gasteiger partial charge in [0.05, 0.1) is 15.5 Å².